The molecule has 0 saturated heterocycles. The molecule has 0 aliphatic carbocycles. The number of hydrogen-bond donors (Lipinski definition) is 1. The summed E-state index contributed by atoms with van der Waals surface area (Å²) in [5.74, 6) is -1.57. The molecule has 0 radical (unpaired) electrons. The summed E-state index contributed by atoms with van der Waals surface area (Å²) in [6.45, 7) is 3.65. The highest BCUT2D eigenvalue weighted by Crippen LogP contribution is 2.08. The molecule has 0 saturated carbocycles. The average molecular weight is 213 g/mol. The van der Waals surface area contributed by atoms with Gasteiger partial charge in [0.1, 0.15) is 11.6 Å². The van der Waals surface area contributed by atoms with E-state index in [1.54, 1.807) is 0 Å². The predicted molar refractivity (Wildman–Crippen MR) is 53.3 cm³/mol. The molecule has 0 aliphatic heterocycles. The van der Waals surface area contributed by atoms with E-state index in [0.29, 0.717) is 5.56 Å². The Labute approximate surface area is 87.3 Å². The van der Waals surface area contributed by atoms with Crippen LogP contribution in [-0.2, 0) is 11.2 Å². The quantitative estimate of drug-likeness (QED) is 0.817. The lowest BCUT2D eigenvalue weighted by Gasteiger charge is -2.08. The van der Waals surface area contributed by atoms with Gasteiger partial charge in [-0.15, -0.1) is 0 Å². The Morgan fingerprint density at radius 1 is 1.27 bits per heavy atom. The molecular weight excluding hydrogens is 200 g/mol. The lowest BCUT2D eigenvalue weighted by Crippen LogP contribution is -2.31. The zero-order chi connectivity index (χ0) is 11.4. The smallest absolute Gasteiger partial charge is 0.224 e. The van der Waals surface area contributed by atoms with Gasteiger partial charge in [-0.2, -0.15) is 0 Å². The Morgan fingerprint density at radius 2 is 1.80 bits per heavy atom. The Kier molecular flexibility index (Phi) is 3.77. The summed E-state index contributed by atoms with van der Waals surface area (Å²) in [7, 11) is 0. The van der Waals surface area contributed by atoms with Crippen molar-refractivity contribution in [2.24, 2.45) is 0 Å². The molecule has 0 aromatic heterocycles. The minimum atomic E-state index is -0.664. The largest absolute Gasteiger partial charge is 0.354 e. The van der Waals surface area contributed by atoms with Gasteiger partial charge in [-0.25, -0.2) is 8.78 Å². The van der Waals surface area contributed by atoms with Gasteiger partial charge in [-0.3, -0.25) is 4.79 Å². The van der Waals surface area contributed by atoms with Gasteiger partial charge < -0.3 is 5.32 Å². The van der Waals surface area contributed by atoms with Crippen LogP contribution in [0.15, 0.2) is 18.2 Å². The molecule has 82 valence electrons. The SMILES string of the molecule is CC(C)NC(=O)Cc1cc(F)cc(F)c1. The zero-order valence-electron chi connectivity index (χ0n) is 8.68. The Bertz CT molecular complexity index is 343. The van der Waals surface area contributed by atoms with Gasteiger partial charge in [0.05, 0.1) is 6.42 Å². The van der Waals surface area contributed by atoms with Crippen LogP contribution in [0, 0.1) is 11.6 Å². The molecule has 0 fully saturated rings. The molecule has 1 N–H and O–H groups in total. The summed E-state index contributed by atoms with van der Waals surface area (Å²) in [5.41, 5.74) is 0.339. The van der Waals surface area contributed by atoms with E-state index in [4.69, 9.17) is 0 Å². The summed E-state index contributed by atoms with van der Waals surface area (Å²) in [6.07, 6.45) is -0.00708. The molecule has 0 heterocycles. The summed E-state index contributed by atoms with van der Waals surface area (Å²) >= 11 is 0. The summed E-state index contributed by atoms with van der Waals surface area (Å²) in [5, 5.41) is 2.65. The van der Waals surface area contributed by atoms with Crippen molar-refractivity contribution in [3.8, 4) is 0 Å². The number of nitrogens with one attached hydrogen (secondary N) is 1. The molecule has 0 aliphatic rings. The highest BCUT2D eigenvalue weighted by atomic mass is 19.1. The monoisotopic (exact) mass is 213 g/mol. The topological polar surface area (TPSA) is 29.1 Å². The van der Waals surface area contributed by atoms with Crippen LogP contribution in [0.1, 0.15) is 19.4 Å². The summed E-state index contributed by atoms with van der Waals surface area (Å²) in [4.78, 5) is 11.3. The highest BCUT2D eigenvalue weighted by molar-refractivity contribution is 5.78. The van der Waals surface area contributed by atoms with E-state index < -0.39 is 11.6 Å². The molecule has 4 heteroatoms. The first kappa shape index (κ1) is 11.6. The van der Waals surface area contributed by atoms with E-state index in [1.165, 1.54) is 0 Å². The Morgan fingerprint density at radius 3 is 2.27 bits per heavy atom. The predicted octanol–water partition coefficient (Wildman–Crippen LogP) is 2.03. The molecule has 2 nitrogen and oxygen atoms in total. The molecule has 0 atom stereocenters. The first-order valence-electron chi connectivity index (χ1n) is 4.71. The Hall–Kier alpha value is -1.45. The van der Waals surface area contributed by atoms with Gasteiger partial charge in [-0.1, -0.05) is 0 Å². The Balaban J connectivity index is 2.68. The molecule has 1 amide bonds. The van der Waals surface area contributed by atoms with Crippen molar-refractivity contribution < 1.29 is 13.6 Å². The van der Waals surface area contributed by atoms with Crippen LogP contribution in [-0.4, -0.2) is 11.9 Å². The lowest BCUT2D eigenvalue weighted by atomic mass is 10.1. The normalized spacial score (nSPS) is 10.5. The van der Waals surface area contributed by atoms with Gasteiger partial charge >= 0.3 is 0 Å². The van der Waals surface area contributed by atoms with Crippen molar-refractivity contribution in [2.45, 2.75) is 26.3 Å². The van der Waals surface area contributed by atoms with Crippen LogP contribution in [0.3, 0.4) is 0 Å². The lowest BCUT2D eigenvalue weighted by molar-refractivity contribution is -0.120. The van der Waals surface area contributed by atoms with Gasteiger partial charge in [0.15, 0.2) is 0 Å². The minimum Gasteiger partial charge on any atom is -0.354 e. The van der Waals surface area contributed by atoms with E-state index in [2.05, 4.69) is 5.32 Å². The van der Waals surface area contributed by atoms with E-state index in [0.717, 1.165) is 18.2 Å². The molecule has 0 spiro atoms. The van der Waals surface area contributed by atoms with E-state index >= 15 is 0 Å². The van der Waals surface area contributed by atoms with Crippen molar-refractivity contribution in [1.29, 1.82) is 0 Å². The second kappa shape index (κ2) is 4.87. The van der Waals surface area contributed by atoms with Crippen LogP contribution in [0.2, 0.25) is 0 Å². The number of carbonyl (C=O) groups excluding carboxylic acids is 1. The average Bonchev–Trinajstić information content (AvgIpc) is 1.98. The standard InChI is InChI=1S/C11H13F2NO/c1-7(2)14-11(15)5-8-3-9(12)6-10(13)4-8/h3-4,6-7H,5H2,1-2H3,(H,14,15). The first-order valence-corrected chi connectivity index (χ1v) is 4.71. The summed E-state index contributed by atoms with van der Waals surface area (Å²) < 4.78 is 25.5. The molecule has 0 unspecified atom stereocenters. The maximum Gasteiger partial charge on any atom is 0.224 e. The fourth-order valence-electron chi connectivity index (χ4n) is 1.27. The van der Waals surface area contributed by atoms with Crippen LogP contribution < -0.4 is 5.32 Å². The summed E-state index contributed by atoms with van der Waals surface area (Å²) in [6, 6.07) is 3.12. The third-order valence-corrected chi connectivity index (χ3v) is 1.74. The van der Waals surface area contributed by atoms with Crippen molar-refractivity contribution in [1.82, 2.24) is 5.32 Å². The maximum atomic E-state index is 12.8. The number of hydrogen-bond acceptors (Lipinski definition) is 1. The van der Waals surface area contributed by atoms with E-state index in [-0.39, 0.29) is 18.4 Å². The number of amides is 1. The third kappa shape index (κ3) is 4.06. The van der Waals surface area contributed by atoms with E-state index in [9.17, 15) is 13.6 Å². The van der Waals surface area contributed by atoms with E-state index in [1.807, 2.05) is 13.8 Å². The number of halogens is 2. The van der Waals surface area contributed by atoms with Crippen LogP contribution >= 0.6 is 0 Å². The van der Waals surface area contributed by atoms with Gasteiger partial charge in [0.2, 0.25) is 5.91 Å². The second-order valence-corrected chi connectivity index (χ2v) is 3.68. The molecular formula is C11H13F2NO. The molecule has 1 aromatic rings. The van der Waals surface area contributed by atoms with Crippen molar-refractivity contribution in [3.63, 3.8) is 0 Å². The van der Waals surface area contributed by atoms with Crippen LogP contribution in [0.5, 0.6) is 0 Å². The second-order valence-electron chi connectivity index (χ2n) is 3.68. The fourth-order valence-corrected chi connectivity index (χ4v) is 1.27. The van der Waals surface area contributed by atoms with Crippen LogP contribution in [0.4, 0.5) is 8.78 Å². The molecule has 1 aromatic carbocycles. The fraction of sp³-hybridized carbons (Fsp3) is 0.364. The van der Waals surface area contributed by atoms with Gasteiger partial charge in [0.25, 0.3) is 0 Å². The van der Waals surface area contributed by atoms with Crippen molar-refractivity contribution in [2.75, 3.05) is 0 Å². The third-order valence-electron chi connectivity index (χ3n) is 1.74. The minimum absolute atomic E-state index is 0.00708. The number of benzene rings is 1. The molecule has 0 bridgehead atoms. The van der Waals surface area contributed by atoms with Gasteiger partial charge in [0, 0.05) is 12.1 Å². The van der Waals surface area contributed by atoms with Crippen molar-refractivity contribution >= 4 is 5.91 Å². The molecule has 15 heavy (non-hydrogen) atoms. The molecule has 1 rings (SSSR count). The van der Waals surface area contributed by atoms with Crippen LogP contribution in [0.25, 0.3) is 0 Å². The number of rotatable bonds is 3. The first-order chi connectivity index (χ1) is 6.97. The van der Waals surface area contributed by atoms with Crippen molar-refractivity contribution in [3.05, 3.63) is 35.4 Å². The number of carbonyl (C=O) groups is 1. The van der Waals surface area contributed by atoms with Gasteiger partial charge in [-0.05, 0) is 31.5 Å². The zero-order valence-corrected chi connectivity index (χ0v) is 8.68. The maximum absolute atomic E-state index is 12.8. The highest BCUT2D eigenvalue weighted by Gasteiger charge is 2.07.